The number of benzene rings is 1. The highest BCUT2D eigenvalue weighted by Crippen LogP contribution is 2.29. The van der Waals surface area contributed by atoms with Crippen molar-refractivity contribution in [3.8, 4) is 0 Å². The first-order valence-corrected chi connectivity index (χ1v) is 7.68. The molecule has 1 unspecified atom stereocenters. The molecule has 1 aromatic heterocycles. The van der Waals surface area contributed by atoms with Crippen molar-refractivity contribution in [3.63, 3.8) is 0 Å². The van der Waals surface area contributed by atoms with Gasteiger partial charge in [-0.05, 0) is 24.1 Å². The lowest BCUT2D eigenvalue weighted by atomic mass is 10.0. The zero-order valence-electron chi connectivity index (χ0n) is 11.9. The van der Waals surface area contributed by atoms with Gasteiger partial charge in [-0.25, -0.2) is 5.43 Å². The number of rotatable bonds is 6. The number of hydrogen-bond donors (Lipinski definition) is 2. The van der Waals surface area contributed by atoms with Gasteiger partial charge in [0.15, 0.2) is 0 Å². The van der Waals surface area contributed by atoms with Crippen molar-refractivity contribution in [1.29, 1.82) is 0 Å². The predicted octanol–water partition coefficient (Wildman–Crippen LogP) is 2.81. The van der Waals surface area contributed by atoms with E-state index in [1.54, 1.807) is 13.3 Å². The molecule has 114 valence electrons. The van der Waals surface area contributed by atoms with Gasteiger partial charge in [-0.1, -0.05) is 39.7 Å². The second kappa shape index (κ2) is 7.38. The topological polar surface area (TPSA) is 65.1 Å². The summed E-state index contributed by atoms with van der Waals surface area (Å²) in [6.45, 7) is 3.21. The molecule has 1 heterocycles. The molecule has 2 aromatic rings. The first kappa shape index (κ1) is 16.5. The first-order chi connectivity index (χ1) is 10.1. The summed E-state index contributed by atoms with van der Waals surface area (Å²) in [4.78, 5) is 0. The molecule has 0 amide bonds. The standard InChI is InChI=1S/C14H18BrClN4O/c1-9-7-10(3-4-11(9)15)13(19-17)14-12(16)8-18-20(14)5-6-21-2/h3-4,7-8,13,19H,5-6,17H2,1-2H3. The SMILES string of the molecule is COCCn1ncc(Cl)c1C(NN)c1ccc(Br)c(C)c1. The minimum Gasteiger partial charge on any atom is -0.383 e. The summed E-state index contributed by atoms with van der Waals surface area (Å²) in [7, 11) is 1.65. The predicted molar refractivity (Wildman–Crippen MR) is 87.2 cm³/mol. The Hall–Kier alpha value is -0.920. The molecule has 0 saturated heterocycles. The number of halogens is 2. The number of nitrogens with one attached hydrogen (secondary N) is 1. The van der Waals surface area contributed by atoms with Gasteiger partial charge in [-0.2, -0.15) is 5.10 Å². The Morgan fingerprint density at radius 1 is 1.52 bits per heavy atom. The summed E-state index contributed by atoms with van der Waals surface area (Å²) in [5.74, 6) is 5.76. The van der Waals surface area contributed by atoms with Crippen molar-refractivity contribution in [2.75, 3.05) is 13.7 Å². The van der Waals surface area contributed by atoms with Crippen LogP contribution in [0.5, 0.6) is 0 Å². The molecule has 0 aliphatic rings. The third-order valence-electron chi connectivity index (χ3n) is 3.30. The first-order valence-electron chi connectivity index (χ1n) is 6.50. The Morgan fingerprint density at radius 2 is 2.29 bits per heavy atom. The maximum absolute atomic E-state index is 6.29. The van der Waals surface area contributed by atoms with E-state index in [-0.39, 0.29) is 6.04 Å². The fraction of sp³-hybridized carbons (Fsp3) is 0.357. The number of ether oxygens (including phenoxy) is 1. The zero-order valence-corrected chi connectivity index (χ0v) is 14.3. The van der Waals surface area contributed by atoms with Gasteiger partial charge in [0.2, 0.25) is 0 Å². The average Bonchev–Trinajstić information content (AvgIpc) is 2.83. The lowest BCUT2D eigenvalue weighted by Gasteiger charge is -2.19. The van der Waals surface area contributed by atoms with E-state index in [1.165, 1.54) is 0 Å². The Balaban J connectivity index is 2.40. The highest BCUT2D eigenvalue weighted by molar-refractivity contribution is 9.10. The lowest BCUT2D eigenvalue weighted by Crippen LogP contribution is -2.31. The van der Waals surface area contributed by atoms with Crippen molar-refractivity contribution < 1.29 is 4.74 Å². The third kappa shape index (κ3) is 3.64. The van der Waals surface area contributed by atoms with Crippen LogP contribution in [-0.4, -0.2) is 23.5 Å². The fourth-order valence-corrected chi connectivity index (χ4v) is 2.69. The van der Waals surface area contributed by atoms with Gasteiger partial charge in [0.1, 0.15) is 0 Å². The van der Waals surface area contributed by atoms with Crippen molar-refractivity contribution in [2.24, 2.45) is 5.84 Å². The van der Waals surface area contributed by atoms with Crippen LogP contribution in [0.2, 0.25) is 5.02 Å². The van der Waals surface area contributed by atoms with Gasteiger partial charge in [0, 0.05) is 11.6 Å². The number of nitrogens with zero attached hydrogens (tertiary/aromatic N) is 2. The van der Waals surface area contributed by atoms with E-state index in [9.17, 15) is 0 Å². The Labute approximate surface area is 137 Å². The van der Waals surface area contributed by atoms with E-state index in [4.69, 9.17) is 22.2 Å². The second-order valence-electron chi connectivity index (χ2n) is 4.70. The molecule has 0 fully saturated rings. The van der Waals surface area contributed by atoms with E-state index in [0.717, 1.165) is 21.3 Å². The summed E-state index contributed by atoms with van der Waals surface area (Å²) in [5, 5.41) is 4.87. The zero-order chi connectivity index (χ0) is 15.4. The van der Waals surface area contributed by atoms with Crippen LogP contribution in [0.25, 0.3) is 0 Å². The minimum absolute atomic E-state index is 0.233. The highest BCUT2D eigenvalue weighted by atomic mass is 79.9. The van der Waals surface area contributed by atoms with Crippen molar-refractivity contribution in [3.05, 3.63) is 50.7 Å². The molecule has 5 nitrogen and oxygen atoms in total. The second-order valence-corrected chi connectivity index (χ2v) is 5.96. The van der Waals surface area contributed by atoms with Crippen molar-refractivity contribution in [2.45, 2.75) is 19.5 Å². The van der Waals surface area contributed by atoms with Gasteiger partial charge in [-0.15, -0.1) is 0 Å². The molecule has 0 spiro atoms. The molecule has 0 aliphatic heterocycles. The van der Waals surface area contributed by atoms with E-state index in [2.05, 4.69) is 32.5 Å². The van der Waals surface area contributed by atoms with Gasteiger partial charge in [0.25, 0.3) is 0 Å². The molecule has 7 heteroatoms. The van der Waals surface area contributed by atoms with Crippen LogP contribution in [0.1, 0.15) is 22.9 Å². The smallest absolute Gasteiger partial charge is 0.0893 e. The molecule has 1 aromatic carbocycles. The van der Waals surface area contributed by atoms with Crippen LogP contribution >= 0.6 is 27.5 Å². The summed E-state index contributed by atoms with van der Waals surface area (Å²) < 4.78 is 7.97. The van der Waals surface area contributed by atoms with Crippen LogP contribution in [0.15, 0.2) is 28.9 Å². The monoisotopic (exact) mass is 372 g/mol. The Morgan fingerprint density at radius 3 is 2.90 bits per heavy atom. The molecule has 0 bridgehead atoms. The summed E-state index contributed by atoms with van der Waals surface area (Å²) in [6.07, 6.45) is 1.63. The van der Waals surface area contributed by atoms with E-state index >= 15 is 0 Å². The van der Waals surface area contributed by atoms with Gasteiger partial charge in [-0.3, -0.25) is 10.5 Å². The molecule has 0 aliphatic carbocycles. The number of nitrogens with two attached hydrogens (primary N) is 1. The van der Waals surface area contributed by atoms with Crippen molar-refractivity contribution >= 4 is 27.5 Å². The van der Waals surface area contributed by atoms with Crippen LogP contribution < -0.4 is 11.3 Å². The van der Waals surface area contributed by atoms with Crippen LogP contribution in [0.3, 0.4) is 0 Å². The number of methoxy groups -OCH3 is 1. The van der Waals surface area contributed by atoms with E-state index in [0.29, 0.717) is 18.2 Å². The summed E-state index contributed by atoms with van der Waals surface area (Å²) in [6, 6.07) is 5.84. The summed E-state index contributed by atoms with van der Waals surface area (Å²) >= 11 is 9.79. The molecule has 0 saturated carbocycles. The largest absolute Gasteiger partial charge is 0.383 e. The molecular formula is C14H18BrClN4O. The number of hydrazine groups is 1. The maximum Gasteiger partial charge on any atom is 0.0893 e. The fourth-order valence-electron chi connectivity index (χ4n) is 2.20. The van der Waals surface area contributed by atoms with E-state index < -0.39 is 0 Å². The van der Waals surface area contributed by atoms with Crippen molar-refractivity contribution in [1.82, 2.24) is 15.2 Å². The highest BCUT2D eigenvalue weighted by Gasteiger charge is 2.21. The maximum atomic E-state index is 6.29. The molecule has 1 atom stereocenters. The van der Waals surface area contributed by atoms with Crippen LogP contribution in [-0.2, 0) is 11.3 Å². The Bertz CT molecular complexity index is 617. The molecular weight excluding hydrogens is 356 g/mol. The van der Waals surface area contributed by atoms with Crippen LogP contribution in [0, 0.1) is 6.92 Å². The number of hydrogen-bond acceptors (Lipinski definition) is 4. The molecule has 0 radical (unpaired) electrons. The van der Waals surface area contributed by atoms with Gasteiger partial charge >= 0.3 is 0 Å². The summed E-state index contributed by atoms with van der Waals surface area (Å²) in [5.41, 5.74) is 5.81. The number of aromatic nitrogens is 2. The molecule has 2 rings (SSSR count). The molecule has 21 heavy (non-hydrogen) atoms. The third-order valence-corrected chi connectivity index (χ3v) is 4.48. The van der Waals surface area contributed by atoms with Gasteiger partial charge in [0.05, 0.1) is 36.1 Å². The van der Waals surface area contributed by atoms with Gasteiger partial charge < -0.3 is 4.74 Å². The average molecular weight is 374 g/mol. The Kier molecular flexibility index (Phi) is 5.78. The lowest BCUT2D eigenvalue weighted by molar-refractivity contribution is 0.182. The number of aryl methyl sites for hydroxylation is 1. The quantitative estimate of drug-likeness (QED) is 0.604. The van der Waals surface area contributed by atoms with E-state index in [1.807, 2.05) is 23.7 Å². The van der Waals surface area contributed by atoms with Crippen LogP contribution in [0.4, 0.5) is 0 Å². The minimum atomic E-state index is -0.233. The normalized spacial score (nSPS) is 12.6. The molecule has 3 N–H and O–H groups in total.